The van der Waals surface area contributed by atoms with Crippen molar-refractivity contribution in [3.8, 4) is 0 Å². The number of fused-ring (bicyclic) bond motifs is 1. The number of halogens is 3. The molecule has 0 fully saturated rings. The molecule has 4 aromatic rings. The normalized spacial score (nSPS) is 10.9. The molecule has 1 N–H and O–H groups in total. The fourth-order valence-electron chi connectivity index (χ4n) is 3.16. The molecular weight excluding hydrogens is 403 g/mol. The monoisotopic (exact) mass is 420 g/mol. The number of para-hydroxylation sites is 1. The average Bonchev–Trinajstić information content (AvgIpc) is 3.26. The summed E-state index contributed by atoms with van der Waals surface area (Å²) in [5.74, 6) is 0.932. The van der Waals surface area contributed by atoms with Gasteiger partial charge in [0.2, 0.25) is 0 Å². The van der Waals surface area contributed by atoms with E-state index in [1.807, 2.05) is 24.3 Å². The largest absolute Gasteiger partial charge is 0.468 e. The molecule has 0 amide bonds. The first kappa shape index (κ1) is 19.8. The highest BCUT2D eigenvalue weighted by Crippen LogP contribution is 2.26. The van der Waals surface area contributed by atoms with Crippen LogP contribution in [0, 0.1) is 0 Å². The van der Waals surface area contributed by atoms with Crippen LogP contribution in [0.3, 0.4) is 0 Å². The van der Waals surface area contributed by atoms with E-state index >= 15 is 0 Å². The van der Waals surface area contributed by atoms with Crippen LogP contribution in [0.4, 0.5) is 0 Å². The van der Waals surface area contributed by atoms with Gasteiger partial charge in [-0.2, -0.15) is 0 Å². The molecule has 2 aromatic heterocycles. The van der Waals surface area contributed by atoms with Crippen LogP contribution >= 0.6 is 35.6 Å². The number of hydrogen-bond acceptors (Lipinski definition) is 2. The Kier molecular flexibility index (Phi) is 6.51. The molecule has 0 atom stereocenters. The van der Waals surface area contributed by atoms with Gasteiger partial charge in [0.05, 0.1) is 12.8 Å². The number of aromatic nitrogens is 1. The summed E-state index contributed by atoms with van der Waals surface area (Å²) >= 11 is 12.4. The van der Waals surface area contributed by atoms with E-state index in [2.05, 4.69) is 40.3 Å². The van der Waals surface area contributed by atoms with Crippen molar-refractivity contribution in [3.05, 3.63) is 94.0 Å². The molecule has 0 unspecified atom stereocenters. The van der Waals surface area contributed by atoms with Crippen LogP contribution in [0.5, 0.6) is 0 Å². The lowest BCUT2D eigenvalue weighted by molar-refractivity contribution is 0.483. The fraction of sp³-hybridized carbons (Fsp3) is 0.143. The van der Waals surface area contributed by atoms with Crippen LogP contribution in [0.2, 0.25) is 10.0 Å². The summed E-state index contributed by atoms with van der Waals surface area (Å²) in [7, 11) is 0. The summed E-state index contributed by atoms with van der Waals surface area (Å²) in [5.41, 5.74) is 3.48. The SMILES string of the molecule is Cl.Clc1ccc(Cn2cc(CNCc3ccco3)c3ccccc32)c(Cl)c1. The first-order valence-electron chi connectivity index (χ1n) is 8.44. The van der Waals surface area contributed by atoms with E-state index in [0.29, 0.717) is 23.1 Å². The van der Waals surface area contributed by atoms with Gasteiger partial charge < -0.3 is 14.3 Å². The van der Waals surface area contributed by atoms with Gasteiger partial charge in [0.15, 0.2) is 0 Å². The number of hydrogen-bond donors (Lipinski definition) is 1. The second-order valence-corrected chi connectivity index (χ2v) is 7.06. The summed E-state index contributed by atoms with van der Waals surface area (Å²) in [6.45, 7) is 2.17. The molecular formula is C21H19Cl3N2O. The molecule has 0 aliphatic heterocycles. The van der Waals surface area contributed by atoms with Crippen LogP contribution in [0.25, 0.3) is 10.9 Å². The van der Waals surface area contributed by atoms with Gasteiger partial charge in [-0.05, 0) is 41.5 Å². The lowest BCUT2D eigenvalue weighted by Gasteiger charge is -2.08. The Labute approximate surface area is 174 Å². The summed E-state index contributed by atoms with van der Waals surface area (Å²) in [5, 5.41) is 6.02. The van der Waals surface area contributed by atoms with Crippen molar-refractivity contribution in [1.82, 2.24) is 9.88 Å². The third kappa shape index (κ3) is 4.50. The minimum absolute atomic E-state index is 0. The number of benzene rings is 2. The van der Waals surface area contributed by atoms with E-state index < -0.39 is 0 Å². The van der Waals surface area contributed by atoms with E-state index in [9.17, 15) is 0 Å². The molecule has 4 rings (SSSR count). The van der Waals surface area contributed by atoms with Crippen LogP contribution in [-0.4, -0.2) is 4.57 Å². The van der Waals surface area contributed by atoms with Crippen molar-refractivity contribution in [2.45, 2.75) is 19.6 Å². The molecule has 6 heteroatoms. The number of nitrogens with zero attached hydrogens (tertiary/aromatic N) is 1. The van der Waals surface area contributed by atoms with E-state index in [-0.39, 0.29) is 12.4 Å². The predicted octanol–water partition coefficient (Wildman–Crippen LogP) is 6.30. The lowest BCUT2D eigenvalue weighted by atomic mass is 10.2. The van der Waals surface area contributed by atoms with E-state index in [1.165, 1.54) is 16.5 Å². The molecule has 0 aliphatic carbocycles. The quantitative estimate of drug-likeness (QED) is 0.396. The van der Waals surface area contributed by atoms with Crippen molar-refractivity contribution in [1.29, 1.82) is 0 Å². The summed E-state index contributed by atoms with van der Waals surface area (Å²) in [6.07, 6.45) is 3.88. The average molecular weight is 422 g/mol. The second-order valence-electron chi connectivity index (χ2n) is 6.22. The van der Waals surface area contributed by atoms with Gasteiger partial charge in [0.1, 0.15) is 5.76 Å². The first-order chi connectivity index (χ1) is 12.7. The number of nitrogens with one attached hydrogen (secondary N) is 1. The maximum atomic E-state index is 6.36. The maximum Gasteiger partial charge on any atom is 0.117 e. The van der Waals surface area contributed by atoms with Crippen molar-refractivity contribution >= 4 is 46.5 Å². The van der Waals surface area contributed by atoms with Crippen molar-refractivity contribution in [2.75, 3.05) is 0 Å². The van der Waals surface area contributed by atoms with Gasteiger partial charge >= 0.3 is 0 Å². The molecule has 27 heavy (non-hydrogen) atoms. The van der Waals surface area contributed by atoms with Crippen molar-refractivity contribution < 1.29 is 4.42 Å². The molecule has 0 bridgehead atoms. The van der Waals surface area contributed by atoms with Crippen LogP contribution in [0.1, 0.15) is 16.9 Å². The molecule has 2 aromatic carbocycles. The Morgan fingerprint density at radius 2 is 1.78 bits per heavy atom. The molecule has 0 spiro atoms. The van der Waals surface area contributed by atoms with Crippen molar-refractivity contribution in [2.24, 2.45) is 0 Å². The molecule has 2 heterocycles. The van der Waals surface area contributed by atoms with Gasteiger partial charge in [-0.25, -0.2) is 0 Å². The third-order valence-electron chi connectivity index (χ3n) is 4.42. The third-order valence-corrected chi connectivity index (χ3v) is 5.01. The Morgan fingerprint density at radius 3 is 2.56 bits per heavy atom. The Morgan fingerprint density at radius 1 is 0.926 bits per heavy atom. The fourth-order valence-corrected chi connectivity index (χ4v) is 3.63. The minimum Gasteiger partial charge on any atom is -0.468 e. The molecule has 3 nitrogen and oxygen atoms in total. The highest BCUT2D eigenvalue weighted by Gasteiger charge is 2.10. The standard InChI is InChI=1S/C21H18Cl2N2O.ClH/c22-17-8-7-15(20(23)10-17)13-25-14-16(19-5-1-2-6-21(19)25)11-24-12-18-4-3-9-26-18;/h1-10,14,24H,11-13H2;1H. The maximum absolute atomic E-state index is 6.36. The Balaban J connectivity index is 0.00000210. The molecule has 140 valence electrons. The summed E-state index contributed by atoms with van der Waals surface area (Å²) in [4.78, 5) is 0. The van der Waals surface area contributed by atoms with Crippen LogP contribution < -0.4 is 5.32 Å². The number of rotatable bonds is 6. The highest BCUT2D eigenvalue weighted by atomic mass is 35.5. The molecule has 0 saturated carbocycles. The van der Waals surface area contributed by atoms with Gasteiger partial charge in [0, 0.05) is 40.2 Å². The van der Waals surface area contributed by atoms with Gasteiger partial charge in [0.25, 0.3) is 0 Å². The van der Waals surface area contributed by atoms with Crippen LogP contribution in [0.15, 0.2) is 71.5 Å². The van der Waals surface area contributed by atoms with Crippen LogP contribution in [-0.2, 0) is 19.6 Å². The molecule has 0 radical (unpaired) electrons. The zero-order valence-corrected chi connectivity index (χ0v) is 16.8. The smallest absolute Gasteiger partial charge is 0.117 e. The zero-order valence-electron chi connectivity index (χ0n) is 14.5. The Bertz CT molecular complexity index is 1030. The number of furan rings is 1. The second kappa shape index (κ2) is 8.85. The van der Waals surface area contributed by atoms with Crippen molar-refractivity contribution in [3.63, 3.8) is 0 Å². The highest BCUT2D eigenvalue weighted by molar-refractivity contribution is 6.35. The van der Waals surface area contributed by atoms with E-state index in [0.717, 1.165) is 17.9 Å². The first-order valence-corrected chi connectivity index (χ1v) is 9.20. The predicted molar refractivity (Wildman–Crippen MR) is 114 cm³/mol. The Hall–Kier alpha value is -1.91. The zero-order chi connectivity index (χ0) is 17.9. The minimum atomic E-state index is 0. The van der Waals surface area contributed by atoms with E-state index in [1.54, 1.807) is 12.3 Å². The summed E-state index contributed by atoms with van der Waals surface area (Å²) in [6, 6.07) is 17.9. The topological polar surface area (TPSA) is 30.1 Å². The lowest BCUT2D eigenvalue weighted by Crippen LogP contribution is -2.11. The van der Waals surface area contributed by atoms with Gasteiger partial charge in [-0.3, -0.25) is 0 Å². The van der Waals surface area contributed by atoms with Gasteiger partial charge in [-0.15, -0.1) is 12.4 Å². The van der Waals surface area contributed by atoms with E-state index in [4.69, 9.17) is 27.6 Å². The summed E-state index contributed by atoms with van der Waals surface area (Å²) < 4.78 is 7.60. The van der Waals surface area contributed by atoms with Gasteiger partial charge in [-0.1, -0.05) is 47.5 Å². The molecule has 0 saturated heterocycles. The molecule has 0 aliphatic rings.